The average molecular weight is 447 g/mol. The van der Waals surface area contributed by atoms with Gasteiger partial charge in [0.05, 0.1) is 10.4 Å². The minimum Gasteiger partial charge on any atom is -0.341 e. The molecule has 2 aliphatic heterocycles. The molecule has 9 heteroatoms. The van der Waals surface area contributed by atoms with Crippen molar-refractivity contribution in [2.75, 3.05) is 19.6 Å². The van der Waals surface area contributed by atoms with E-state index in [1.807, 2.05) is 6.92 Å². The van der Waals surface area contributed by atoms with Crippen LogP contribution in [0.4, 0.5) is 0 Å². The van der Waals surface area contributed by atoms with Crippen molar-refractivity contribution in [3.05, 3.63) is 34.9 Å². The lowest BCUT2D eigenvalue weighted by Gasteiger charge is -2.32. The molecular weight excluding hydrogens is 416 g/mol. The van der Waals surface area contributed by atoms with Crippen LogP contribution in [0.2, 0.25) is 0 Å². The van der Waals surface area contributed by atoms with Gasteiger partial charge in [-0.1, -0.05) is 13.3 Å². The molecular formula is C22H30N4O4S. The van der Waals surface area contributed by atoms with Gasteiger partial charge in [0, 0.05) is 37.3 Å². The molecule has 1 aromatic heterocycles. The fraction of sp³-hybridized carbons (Fsp3) is 0.591. The first-order valence-corrected chi connectivity index (χ1v) is 12.5. The van der Waals surface area contributed by atoms with E-state index in [9.17, 15) is 18.0 Å². The van der Waals surface area contributed by atoms with Crippen LogP contribution in [0.3, 0.4) is 0 Å². The highest BCUT2D eigenvalue weighted by Gasteiger charge is 2.31. The van der Waals surface area contributed by atoms with Crippen LogP contribution in [0.5, 0.6) is 0 Å². The van der Waals surface area contributed by atoms with E-state index in [0.29, 0.717) is 36.5 Å². The quantitative estimate of drug-likeness (QED) is 0.718. The number of aromatic nitrogens is 2. The third-order valence-electron chi connectivity index (χ3n) is 6.49. The minimum absolute atomic E-state index is 0.0360. The molecule has 2 aromatic rings. The lowest BCUT2D eigenvalue weighted by molar-refractivity contribution is -0.133. The van der Waals surface area contributed by atoms with Crippen molar-refractivity contribution >= 4 is 26.8 Å². The van der Waals surface area contributed by atoms with E-state index in [0.717, 1.165) is 32.1 Å². The molecule has 2 saturated heterocycles. The second-order valence-corrected chi connectivity index (χ2v) is 10.8. The second kappa shape index (κ2) is 8.70. The van der Waals surface area contributed by atoms with Crippen LogP contribution in [-0.2, 0) is 21.4 Å². The molecule has 0 unspecified atom stereocenters. The van der Waals surface area contributed by atoms with Crippen LogP contribution in [0.25, 0.3) is 10.9 Å². The van der Waals surface area contributed by atoms with Crippen molar-refractivity contribution in [1.29, 1.82) is 0 Å². The number of piperidine rings is 2. The summed E-state index contributed by atoms with van der Waals surface area (Å²) in [5.41, 5.74) is 0.00946. The smallest absolute Gasteiger partial charge is 0.341 e. The number of carbonyl (C=O) groups is 1. The van der Waals surface area contributed by atoms with Gasteiger partial charge in [0.1, 0.15) is 6.54 Å². The van der Waals surface area contributed by atoms with Gasteiger partial charge in [-0.25, -0.2) is 18.2 Å². The summed E-state index contributed by atoms with van der Waals surface area (Å²) in [7, 11) is -3.63. The molecule has 0 spiro atoms. The van der Waals surface area contributed by atoms with Gasteiger partial charge in [0.2, 0.25) is 15.9 Å². The fourth-order valence-electron chi connectivity index (χ4n) is 4.71. The molecule has 31 heavy (non-hydrogen) atoms. The Morgan fingerprint density at radius 2 is 1.94 bits per heavy atom. The highest BCUT2D eigenvalue weighted by molar-refractivity contribution is 7.89. The van der Waals surface area contributed by atoms with Gasteiger partial charge in [-0.15, -0.1) is 0 Å². The van der Waals surface area contributed by atoms with Gasteiger partial charge in [0.25, 0.3) is 0 Å². The molecule has 3 heterocycles. The largest absolute Gasteiger partial charge is 0.348 e. The van der Waals surface area contributed by atoms with Crippen molar-refractivity contribution in [1.82, 2.24) is 18.8 Å². The van der Waals surface area contributed by atoms with Crippen molar-refractivity contribution in [3.8, 4) is 0 Å². The maximum Gasteiger partial charge on any atom is 0.348 e. The van der Waals surface area contributed by atoms with Crippen molar-refractivity contribution in [3.63, 3.8) is 0 Å². The lowest BCUT2D eigenvalue weighted by Crippen LogP contribution is -2.42. The Kier molecular flexibility index (Phi) is 6.16. The molecule has 0 radical (unpaired) electrons. The Morgan fingerprint density at radius 1 is 1.13 bits per heavy atom. The number of hydrogen-bond acceptors (Lipinski definition) is 5. The second-order valence-electron chi connectivity index (χ2n) is 8.90. The molecule has 1 aromatic carbocycles. The number of fused-ring (bicyclic) bond motifs is 1. The highest BCUT2D eigenvalue weighted by atomic mass is 32.2. The summed E-state index contributed by atoms with van der Waals surface area (Å²) in [6.45, 7) is 5.88. The fourth-order valence-corrected chi connectivity index (χ4v) is 6.44. The predicted octanol–water partition coefficient (Wildman–Crippen LogP) is 2.22. The van der Waals surface area contributed by atoms with Crippen molar-refractivity contribution < 1.29 is 13.2 Å². The predicted molar refractivity (Wildman–Crippen MR) is 118 cm³/mol. The monoisotopic (exact) mass is 446 g/mol. The summed E-state index contributed by atoms with van der Waals surface area (Å²) < 4.78 is 29.3. The van der Waals surface area contributed by atoms with Crippen LogP contribution >= 0.6 is 0 Å². The van der Waals surface area contributed by atoms with E-state index >= 15 is 0 Å². The van der Waals surface area contributed by atoms with E-state index in [4.69, 9.17) is 0 Å². The van der Waals surface area contributed by atoms with Crippen LogP contribution in [0.1, 0.15) is 46.0 Å². The summed E-state index contributed by atoms with van der Waals surface area (Å²) in [4.78, 5) is 31.1. The maximum absolute atomic E-state index is 13.2. The number of likely N-dealkylation sites (tertiary alicyclic amines) is 1. The van der Waals surface area contributed by atoms with Crippen LogP contribution in [-0.4, -0.2) is 58.8 Å². The molecule has 2 fully saturated rings. The highest BCUT2D eigenvalue weighted by Crippen LogP contribution is 2.27. The molecule has 1 amide bonds. The van der Waals surface area contributed by atoms with Crippen LogP contribution in [0.15, 0.2) is 34.1 Å². The molecule has 2 aliphatic rings. The number of amides is 1. The molecule has 8 nitrogen and oxygen atoms in total. The number of benzene rings is 1. The zero-order chi connectivity index (χ0) is 22.2. The van der Waals surface area contributed by atoms with Gasteiger partial charge in [-0.05, 0) is 56.7 Å². The van der Waals surface area contributed by atoms with Gasteiger partial charge < -0.3 is 4.90 Å². The summed E-state index contributed by atoms with van der Waals surface area (Å²) in [6.07, 6.45) is 6.20. The summed E-state index contributed by atoms with van der Waals surface area (Å²) >= 11 is 0. The van der Waals surface area contributed by atoms with E-state index < -0.39 is 15.7 Å². The Bertz CT molecular complexity index is 1140. The van der Waals surface area contributed by atoms with Crippen LogP contribution < -0.4 is 5.69 Å². The van der Waals surface area contributed by atoms with Gasteiger partial charge >= 0.3 is 5.69 Å². The number of rotatable bonds is 4. The Balaban J connectivity index is 1.65. The molecule has 2 atom stereocenters. The standard InChI is InChI=1S/C22H30N4O4S/c1-16-6-5-10-24(14-16)21(27)15-25-20-9-8-19(12-18(20)13-23-22(25)28)31(29,30)26-11-4-3-7-17(26)2/h8-9,12-13,16-17H,3-7,10-11,14-15H2,1-2H3/t16-,17-/m1/s1. The number of carbonyl (C=O) groups excluding carboxylic acids is 1. The summed E-state index contributed by atoms with van der Waals surface area (Å²) in [6, 6.07) is 4.67. The average Bonchev–Trinajstić information content (AvgIpc) is 2.75. The molecule has 168 valence electrons. The van der Waals surface area contributed by atoms with Gasteiger partial charge in [-0.3, -0.25) is 9.36 Å². The van der Waals surface area contributed by atoms with E-state index in [1.165, 1.54) is 16.8 Å². The topological polar surface area (TPSA) is 92.6 Å². The minimum atomic E-state index is -3.63. The first-order valence-electron chi connectivity index (χ1n) is 11.1. The molecule has 0 bridgehead atoms. The number of sulfonamides is 1. The van der Waals surface area contributed by atoms with Crippen molar-refractivity contribution in [2.24, 2.45) is 5.92 Å². The molecule has 0 aliphatic carbocycles. The molecule has 4 rings (SSSR count). The Hall–Kier alpha value is -2.26. The Labute approximate surface area is 182 Å². The SMILES string of the molecule is C[C@@H]1CCCN(C(=O)Cn2c(=O)ncc3cc(S(=O)(=O)N4CCCC[C@H]4C)ccc32)C1. The zero-order valence-electron chi connectivity index (χ0n) is 18.2. The number of nitrogens with zero attached hydrogens (tertiary/aromatic N) is 4. The first-order chi connectivity index (χ1) is 14.8. The first kappa shape index (κ1) is 22.0. The normalized spacial score (nSPS) is 23.2. The van der Waals surface area contributed by atoms with Gasteiger partial charge in [0.15, 0.2) is 0 Å². The molecule has 0 saturated carbocycles. The maximum atomic E-state index is 13.2. The van der Waals surface area contributed by atoms with E-state index in [2.05, 4.69) is 11.9 Å². The lowest BCUT2D eigenvalue weighted by atomic mass is 10.0. The third-order valence-corrected chi connectivity index (χ3v) is 8.50. The number of hydrogen-bond donors (Lipinski definition) is 0. The summed E-state index contributed by atoms with van der Waals surface area (Å²) in [5, 5.41) is 0.533. The Morgan fingerprint density at radius 3 is 2.68 bits per heavy atom. The summed E-state index contributed by atoms with van der Waals surface area (Å²) in [5.74, 6) is 0.340. The van der Waals surface area contributed by atoms with E-state index in [-0.39, 0.29) is 23.4 Å². The van der Waals surface area contributed by atoms with Crippen LogP contribution in [0, 0.1) is 5.92 Å². The van der Waals surface area contributed by atoms with E-state index in [1.54, 1.807) is 21.3 Å². The zero-order valence-corrected chi connectivity index (χ0v) is 19.0. The third kappa shape index (κ3) is 4.39. The van der Waals surface area contributed by atoms with Crippen molar-refractivity contribution in [2.45, 2.75) is 63.4 Å². The molecule has 0 N–H and O–H groups in total. The van der Waals surface area contributed by atoms with Gasteiger partial charge in [-0.2, -0.15) is 4.31 Å².